The molecule has 6 heteroatoms. The van der Waals surface area contributed by atoms with E-state index < -0.39 is 9.05 Å². The number of unbranched alkanes of at least 4 members (excludes halogenated alkanes) is 9. The molecule has 0 amide bonds. The van der Waals surface area contributed by atoms with Crippen LogP contribution >= 0.6 is 0 Å². The van der Waals surface area contributed by atoms with E-state index in [0.717, 1.165) is 6.54 Å². The molecule has 0 aromatic rings. The first-order valence-electron chi connectivity index (χ1n) is 7.01. The average Bonchev–Trinajstić information content (AvgIpc) is 2.25. The van der Waals surface area contributed by atoms with E-state index in [9.17, 15) is 0 Å². The van der Waals surface area contributed by atoms with Gasteiger partial charge in [0.2, 0.25) is 0 Å². The van der Waals surface area contributed by atoms with Crippen LogP contribution in [0.3, 0.4) is 0 Å². The summed E-state index contributed by atoms with van der Waals surface area (Å²) >= 11 is 0. The lowest BCUT2D eigenvalue weighted by Crippen LogP contribution is -2.33. The molecule has 0 aliphatic carbocycles. The Morgan fingerprint density at radius 3 is 1.22 bits per heavy atom. The molecule has 112 valence electrons. The summed E-state index contributed by atoms with van der Waals surface area (Å²) in [5.74, 6) is 0. The second-order valence-corrected chi connectivity index (χ2v) is 5.77. The SMILES string of the molecule is CCCCCCCCCCCCN.O[Si](O)(O)O. The summed E-state index contributed by atoms with van der Waals surface area (Å²) in [7, 11) is -4.61. The molecule has 0 aromatic carbocycles. The molecule has 0 aliphatic rings. The molecule has 0 unspecified atom stereocenters. The Hall–Kier alpha value is 0.0169. The Morgan fingerprint density at radius 2 is 0.944 bits per heavy atom. The smallest absolute Gasteiger partial charge is 0.368 e. The second-order valence-electron chi connectivity index (χ2n) is 4.57. The van der Waals surface area contributed by atoms with Crippen LogP contribution in [0.15, 0.2) is 0 Å². The van der Waals surface area contributed by atoms with Gasteiger partial charge in [0.25, 0.3) is 0 Å². The molecule has 0 aliphatic heterocycles. The summed E-state index contributed by atoms with van der Waals surface area (Å²) in [6, 6.07) is 0. The van der Waals surface area contributed by atoms with Gasteiger partial charge in [-0.1, -0.05) is 64.7 Å². The third-order valence-electron chi connectivity index (χ3n) is 2.56. The Kier molecular flexibility index (Phi) is 17.0. The molecule has 0 rings (SSSR count). The minimum Gasteiger partial charge on any atom is -0.368 e. The number of hydrogen-bond acceptors (Lipinski definition) is 5. The molecule has 0 atom stereocenters. The van der Waals surface area contributed by atoms with Crippen molar-refractivity contribution in [3.8, 4) is 0 Å². The van der Waals surface area contributed by atoms with E-state index in [1.54, 1.807) is 0 Å². The first-order valence-corrected chi connectivity index (χ1v) is 8.80. The Balaban J connectivity index is 0. The van der Waals surface area contributed by atoms with Gasteiger partial charge in [0.1, 0.15) is 0 Å². The molecule has 18 heavy (non-hydrogen) atoms. The van der Waals surface area contributed by atoms with Crippen molar-refractivity contribution < 1.29 is 19.2 Å². The van der Waals surface area contributed by atoms with Crippen LogP contribution in [-0.4, -0.2) is 34.8 Å². The van der Waals surface area contributed by atoms with Crippen LogP contribution < -0.4 is 5.73 Å². The highest BCUT2D eigenvalue weighted by Crippen LogP contribution is 2.09. The Morgan fingerprint density at radius 1 is 0.667 bits per heavy atom. The average molecular weight is 281 g/mol. The highest BCUT2D eigenvalue weighted by Gasteiger charge is 2.22. The van der Waals surface area contributed by atoms with Crippen molar-refractivity contribution in [1.82, 2.24) is 0 Å². The van der Waals surface area contributed by atoms with Gasteiger partial charge in [0.15, 0.2) is 0 Å². The quantitative estimate of drug-likeness (QED) is 0.306. The van der Waals surface area contributed by atoms with Gasteiger partial charge in [-0.15, -0.1) is 0 Å². The van der Waals surface area contributed by atoms with Gasteiger partial charge < -0.3 is 24.9 Å². The zero-order valence-electron chi connectivity index (χ0n) is 11.6. The van der Waals surface area contributed by atoms with Gasteiger partial charge in [-0.25, -0.2) is 0 Å². The lowest BCUT2D eigenvalue weighted by atomic mass is 10.1. The minimum absolute atomic E-state index is 0.872. The van der Waals surface area contributed by atoms with E-state index >= 15 is 0 Å². The molecule has 0 radical (unpaired) electrons. The largest absolute Gasteiger partial charge is 0.668 e. The van der Waals surface area contributed by atoms with Gasteiger partial charge >= 0.3 is 9.05 Å². The van der Waals surface area contributed by atoms with Crippen LogP contribution in [0.5, 0.6) is 0 Å². The van der Waals surface area contributed by atoms with Crippen LogP contribution in [-0.2, 0) is 0 Å². The van der Waals surface area contributed by atoms with Gasteiger partial charge in [0, 0.05) is 0 Å². The molecular formula is C12H31NO4Si. The molecule has 0 aromatic heterocycles. The summed E-state index contributed by atoms with van der Waals surface area (Å²) in [5.41, 5.74) is 5.42. The highest BCUT2D eigenvalue weighted by atomic mass is 28.4. The predicted octanol–water partition coefficient (Wildman–Crippen LogP) is 1.26. The van der Waals surface area contributed by atoms with Gasteiger partial charge in [-0.3, -0.25) is 0 Å². The van der Waals surface area contributed by atoms with Crippen LogP contribution in [0, 0.1) is 0 Å². The zero-order valence-corrected chi connectivity index (χ0v) is 12.6. The summed E-state index contributed by atoms with van der Waals surface area (Å²) in [5, 5.41) is 0. The fourth-order valence-electron chi connectivity index (χ4n) is 1.63. The number of nitrogens with two attached hydrogens (primary N) is 1. The van der Waals surface area contributed by atoms with Crippen molar-refractivity contribution in [2.45, 2.75) is 71.1 Å². The van der Waals surface area contributed by atoms with Gasteiger partial charge in [-0.2, -0.15) is 0 Å². The maximum absolute atomic E-state index is 7.33. The van der Waals surface area contributed by atoms with E-state index in [0.29, 0.717) is 0 Å². The van der Waals surface area contributed by atoms with Crippen LogP contribution in [0.4, 0.5) is 0 Å². The molecule has 5 nitrogen and oxygen atoms in total. The van der Waals surface area contributed by atoms with E-state index in [1.807, 2.05) is 0 Å². The van der Waals surface area contributed by atoms with Crippen molar-refractivity contribution in [1.29, 1.82) is 0 Å². The number of hydrogen-bond donors (Lipinski definition) is 5. The minimum atomic E-state index is -4.61. The topological polar surface area (TPSA) is 107 Å². The maximum atomic E-state index is 7.33. The summed E-state index contributed by atoms with van der Waals surface area (Å²) < 4.78 is 0. The Bertz CT molecular complexity index is 138. The molecule has 6 N–H and O–H groups in total. The maximum Gasteiger partial charge on any atom is 0.668 e. The molecule has 0 spiro atoms. The molecule has 0 saturated carbocycles. The van der Waals surface area contributed by atoms with E-state index in [-0.39, 0.29) is 0 Å². The first-order chi connectivity index (χ1) is 8.41. The van der Waals surface area contributed by atoms with Crippen molar-refractivity contribution in [2.75, 3.05) is 6.54 Å². The molecule has 0 fully saturated rings. The van der Waals surface area contributed by atoms with E-state index in [1.165, 1.54) is 64.2 Å². The summed E-state index contributed by atoms with van der Waals surface area (Å²) in [4.78, 5) is 29.3. The normalized spacial score (nSPS) is 11.0. The lowest BCUT2D eigenvalue weighted by Gasteiger charge is -2.00. The molecular weight excluding hydrogens is 250 g/mol. The van der Waals surface area contributed by atoms with E-state index in [4.69, 9.17) is 24.9 Å². The fraction of sp³-hybridized carbons (Fsp3) is 1.00. The molecule has 0 heterocycles. The predicted molar refractivity (Wildman–Crippen MR) is 75.5 cm³/mol. The van der Waals surface area contributed by atoms with Crippen LogP contribution in [0.1, 0.15) is 71.1 Å². The highest BCUT2D eigenvalue weighted by molar-refractivity contribution is 6.46. The second kappa shape index (κ2) is 15.1. The van der Waals surface area contributed by atoms with Crippen LogP contribution in [0.25, 0.3) is 0 Å². The Labute approximate surface area is 112 Å². The standard InChI is InChI=1S/C12H27N.H4O4Si/c1-2-3-4-5-6-7-8-9-10-11-12-13;1-5(2,3)4/h2-13H2,1H3;1-4H. The van der Waals surface area contributed by atoms with Crippen molar-refractivity contribution in [3.05, 3.63) is 0 Å². The van der Waals surface area contributed by atoms with Crippen molar-refractivity contribution >= 4 is 9.05 Å². The lowest BCUT2D eigenvalue weighted by molar-refractivity contribution is 0.117. The zero-order chi connectivity index (χ0) is 14.3. The molecule has 0 saturated heterocycles. The van der Waals surface area contributed by atoms with E-state index in [2.05, 4.69) is 6.92 Å². The monoisotopic (exact) mass is 281 g/mol. The summed E-state index contributed by atoms with van der Waals surface area (Å²) in [6.07, 6.45) is 13.9. The van der Waals surface area contributed by atoms with Gasteiger partial charge in [0.05, 0.1) is 0 Å². The third kappa shape index (κ3) is 36.0. The summed E-state index contributed by atoms with van der Waals surface area (Å²) in [6.45, 7) is 3.14. The van der Waals surface area contributed by atoms with Crippen molar-refractivity contribution in [2.24, 2.45) is 5.73 Å². The number of rotatable bonds is 10. The van der Waals surface area contributed by atoms with Crippen molar-refractivity contribution in [3.63, 3.8) is 0 Å². The van der Waals surface area contributed by atoms with Gasteiger partial charge in [-0.05, 0) is 13.0 Å². The molecule has 0 bridgehead atoms. The first kappa shape index (κ1) is 20.3. The fourth-order valence-corrected chi connectivity index (χ4v) is 1.63. The third-order valence-corrected chi connectivity index (χ3v) is 2.56. The van der Waals surface area contributed by atoms with Crippen LogP contribution in [0.2, 0.25) is 0 Å².